The number of hydrogen-bond acceptors (Lipinski definition) is 2. The molecule has 1 saturated heterocycles. The minimum atomic E-state index is 0.164. The molecule has 0 unspecified atom stereocenters. The number of carbonyl (C=O) groups is 2. The normalized spacial score (nSPS) is 18.4. The van der Waals surface area contributed by atoms with Crippen LogP contribution in [0.25, 0.3) is 0 Å². The Bertz CT molecular complexity index is 523. The maximum absolute atomic E-state index is 11.7. The second-order valence-corrected chi connectivity index (χ2v) is 5.68. The van der Waals surface area contributed by atoms with Gasteiger partial charge in [-0.3, -0.25) is 9.59 Å². The SMILES string of the molecule is O=C(NCc1ccccc1CN1CCCC1=O)C1CC1. The summed E-state index contributed by atoms with van der Waals surface area (Å²) in [5.41, 5.74) is 2.25. The number of hydrogen-bond donors (Lipinski definition) is 1. The van der Waals surface area contributed by atoms with E-state index in [9.17, 15) is 9.59 Å². The number of nitrogens with zero attached hydrogens (tertiary/aromatic N) is 1. The number of carbonyl (C=O) groups excluding carboxylic acids is 2. The van der Waals surface area contributed by atoms with Crippen LogP contribution in [-0.4, -0.2) is 23.3 Å². The molecule has 1 heterocycles. The van der Waals surface area contributed by atoms with Crippen molar-refractivity contribution in [3.63, 3.8) is 0 Å². The van der Waals surface area contributed by atoms with Gasteiger partial charge in [0, 0.05) is 32.0 Å². The van der Waals surface area contributed by atoms with Crippen LogP contribution in [0.5, 0.6) is 0 Å². The van der Waals surface area contributed by atoms with Gasteiger partial charge in [0.05, 0.1) is 0 Å². The molecular formula is C16H20N2O2. The molecule has 1 aromatic carbocycles. The highest BCUT2D eigenvalue weighted by Gasteiger charge is 2.29. The Morgan fingerprint density at radius 2 is 2.00 bits per heavy atom. The zero-order chi connectivity index (χ0) is 13.9. The summed E-state index contributed by atoms with van der Waals surface area (Å²) in [6.07, 6.45) is 3.67. The summed E-state index contributed by atoms with van der Waals surface area (Å²) >= 11 is 0. The fraction of sp³-hybridized carbons (Fsp3) is 0.500. The Morgan fingerprint density at radius 3 is 2.65 bits per heavy atom. The Morgan fingerprint density at radius 1 is 1.25 bits per heavy atom. The van der Waals surface area contributed by atoms with Gasteiger partial charge in [0.1, 0.15) is 0 Å². The molecular weight excluding hydrogens is 252 g/mol. The zero-order valence-electron chi connectivity index (χ0n) is 11.6. The molecule has 4 heteroatoms. The molecule has 106 valence electrons. The molecule has 1 aromatic rings. The summed E-state index contributed by atoms with van der Waals surface area (Å²) in [6, 6.07) is 8.04. The van der Waals surface area contributed by atoms with Gasteiger partial charge in [0.2, 0.25) is 11.8 Å². The first-order valence-corrected chi connectivity index (χ1v) is 7.36. The van der Waals surface area contributed by atoms with E-state index >= 15 is 0 Å². The Hall–Kier alpha value is -1.84. The van der Waals surface area contributed by atoms with Crippen LogP contribution in [0, 0.1) is 5.92 Å². The standard InChI is InChI=1S/C16H20N2O2/c19-15-6-3-9-18(15)11-14-5-2-1-4-13(14)10-17-16(20)12-7-8-12/h1-2,4-5,12H,3,6-11H2,(H,17,20). The minimum Gasteiger partial charge on any atom is -0.352 e. The number of amides is 2. The van der Waals surface area contributed by atoms with E-state index in [1.54, 1.807) is 0 Å². The van der Waals surface area contributed by atoms with Gasteiger partial charge < -0.3 is 10.2 Å². The van der Waals surface area contributed by atoms with E-state index in [-0.39, 0.29) is 17.7 Å². The molecule has 0 bridgehead atoms. The highest BCUT2D eigenvalue weighted by atomic mass is 16.2. The van der Waals surface area contributed by atoms with Gasteiger partial charge in [-0.25, -0.2) is 0 Å². The fourth-order valence-electron chi connectivity index (χ4n) is 2.63. The summed E-state index contributed by atoms with van der Waals surface area (Å²) in [5, 5.41) is 3.00. The highest BCUT2D eigenvalue weighted by molar-refractivity contribution is 5.80. The molecule has 2 aliphatic rings. The van der Waals surface area contributed by atoms with E-state index in [2.05, 4.69) is 5.32 Å². The van der Waals surface area contributed by atoms with E-state index in [0.29, 0.717) is 19.5 Å². The average Bonchev–Trinajstić information content (AvgIpc) is 3.23. The van der Waals surface area contributed by atoms with Crippen LogP contribution in [0.2, 0.25) is 0 Å². The number of nitrogens with one attached hydrogen (secondary N) is 1. The van der Waals surface area contributed by atoms with Crippen LogP contribution in [-0.2, 0) is 22.7 Å². The maximum atomic E-state index is 11.7. The van der Waals surface area contributed by atoms with E-state index in [1.165, 1.54) is 0 Å². The molecule has 0 atom stereocenters. The van der Waals surface area contributed by atoms with Gasteiger partial charge >= 0.3 is 0 Å². The highest BCUT2D eigenvalue weighted by Crippen LogP contribution is 2.29. The maximum Gasteiger partial charge on any atom is 0.223 e. The van der Waals surface area contributed by atoms with Crippen molar-refractivity contribution in [2.45, 2.75) is 38.8 Å². The van der Waals surface area contributed by atoms with E-state index in [1.807, 2.05) is 29.2 Å². The monoisotopic (exact) mass is 272 g/mol. The number of benzene rings is 1. The number of likely N-dealkylation sites (tertiary alicyclic amines) is 1. The molecule has 20 heavy (non-hydrogen) atoms. The molecule has 3 rings (SSSR count). The Kier molecular flexibility index (Phi) is 3.72. The molecule has 2 amide bonds. The molecule has 1 aliphatic heterocycles. The predicted octanol–water partition coefficient (Wildman–Crippen LogP) is 1.84. The molecule has 0 spiro atoms. The van der Waals surface area contributed by atoms with Crippen LogP contribution in [0.15, 0.2) is 24.3 Å². The van der Waals surface area contributed by atoms with Crippen molar-refractivity contribution in [2.75, 3.05) is 6.54 Å². The van der Waals surface area contributed by atoms with Crippen molar-refractivity contribution < 1.29 is 9.59 Å². The Balaban J connectivity index is 1.64. The summed E-state index contributed by atoms with van der Waals surface area (Å²) in [5.74, 6) is 0.640. The van der Waals surface area contributed by atoms with Crippen molar-refractivity contribution in [3.05, 3.63) is 35.4 Å². The van der Waals surface area contributed by atoms with Crippen LogP contribution < -0.4 is 5.32 Å². The zero-order valence-corrected chi connectivity index (χ0v) is 11.6. The van der Waals surface area contributed by atoms with E-state index < -0.39 is 0 Å². The third-order valence-electron chi connectivity index (χ3n) is 4.05. The van der Waals surface area contributed by atoms with Gasteiger partial charge in [-0.1, -0.05) is 24.3 Å². The van der Waals surface area contributed by atoms with Crippen molar-refractivity contribution >= 4 is 11.8 Å². The fourth-order valence-corrected chi connectivity index (χ4v) is 2.63. The first kappa shape index (κ1) is 13.2. The van der Waals surface area contributed by atoms with Crippen molar-refractivity contribution in [3.8, 4) is 0 Å². The summed E-state index contributed by atoms with van der Waals surface area (Å²) in [6.45, 7) is 2.07. The van der Waals surface area contributed by atoms with Crippen molar-refractivity contribution in [2.24, 2.45) is 5.92 Å². The van der Waals surface area contributed by atoms with Crippen LogP contribution in [0.1, 0.15) is 36.8 Å². The summed E-state index contributed by atoms with van der Waals surface area (Å²) < 4.78 is 0. The average molecular weight is 272 g/mol. The quantitative estimate of drug-likeness (QED) is 0.889. The van der Waals surface area contributed by atoms with E-state index in [0.717, 1.165) is 36.9 Å². The third kappa shape index (κ3) is 3.00. The minimum absolute atomic E-state index is 0.164. The molecule has 1 aliphatic carbocycles. The van der Waals surface area contributed by atoms with Crippen molar-refractivity contribution in [1.29, 1.82) is 0 Å². The van der Waals surface area contributed by atoms with Gasteiger partial charge in [0.25, 0.3) is 0 Å². The summed E-state index contributed by atoms with van der Waals surface area (Å²) in [4.78, 5) is 25.3. The largest absolute Gasteiger partial charge is 0.352 e. The smallest absolute Gasteiger partial charge is 0.223 e. The topological polar surface area (TPSA) is 49.4 Å². The van der Waals surface area contributed by atoms with Crippen LogP contribution >= 0.6 is 0 Å². The molecule has 4 nitrogen and oxygen atoms in total. The molecule has 2 fully saturated rings. The van der Waals surface area contributed by atoms with Crippen molar-refractivity contribution in [1.82, 2.24) is 10.2 Å². The summed E-state index contributed by atoms with van der Waals surface area (Å²) in [7, 11) is 0. The lowest BCUT2D eigenvalue weighted by Gasteiger charge is -2.18. The number of rotatable bonds is 5. The van der Waals surface area contributed by atoms with Gasteiger partial charge in [-0.05, 0) is 30.4 Å². The molecule has 0 radical (unpaired) electrons. The third-order valence-corrected chi connectivity index (χ3v) is 4.05. The molecule has 1 saturated carbocycles. The lowest BCUT2D eigenvalue weighted by Crippen LogP contribution is -2.27. The van der Waals surface area contributed by atoms with Gasteiger partial charge in [-0.2, -0.15) is 0 Å². The second-order valence-electron chi connectivity index (χ2n) is 5.68. The molecule has 1 N–H and O–H groups in total. The first-order chi connectivity index (χ1) is 9.74. The van der Waals surface area contributed by atoms with E-state index in [4.69, 9.17) is 0 Å². The van der Waals surface area contributed by atoms with Gasteiger partial charge in [0.15, 0.2) is 0 Å². The van der Waals surface area contributed by atoms with Crippen LogP contribution in [0.4, 0.5) is 0 Å². The van der Waals surface area contributed by atoms with Gasteiger partial charge in [-0.15, -0.1) is 0 Å². The Labute approximate surface area is 119 Å². The van der Waals surface area contributed by atoms with Crippen LogP contribution in [0.3, 0.4) is 0 Å². The first-order valence-electron chi connectivity index (χ1n) is 7.36. The molecule has 0 aromatic heterocycles. The lowest BCUT2D eigenvalue weighted by molar-refractivity contribution is -0.128. The predicted molar refractivity (Wildman–Crippen MR) is 75.7 cm³/mol. The second kappa shape index (κ2) is 5.65. The lowest BCUT2D eigenvalue weighted by atomic mass is 10.1.